The highest BCUT2D eigenvalue weighted by Crippen LogP contribution is 2.29. The van der Waals surface area contributed by atoms with Gasteiger partial charge in [-0.2, -0.15) is 0 Å². The van der Waals surface area contributed by atoms with Crippen LogP contribution in [0.5, 0.6) is 5.75 Å². The highest BCUT2D eigenvalue weighted by molar-refractivity contribution is 14.1. The number of hydrogen-bond donors (Lipinski definition) is 0. The third-order valence-corrected chi connectivity index (χ3v) is 3.31. The van der Waals surface area contributed by atoms with Gasteiger partial charge in [0.25, 0.3) is 0 Å². The van der Waals surface area contributed by atoms with Crippen molar-refractivity contribution in [2.75, 3.05) is 21.3 Å². The van der Waals surface area contributed by atoms with Crippen molar-refractivity contribution in [2.24, 2.45) is 0 Å². The fourth-order valence-corrected chi connectivity index (χ4v) is 2.42. The van der Waals surface area contributed by atoms with Gasteiger partial charge >= 0.3 is 11.9 Å². The number of halogens is 1. The van der Waals surface area contributed by atoms with Crippen molar-refractivity contribution in [1.82, 2.24) is 0 Å². The van der Waals surface area contributed by atoms with Crippen LogP contribution in [0.4, 0.5) is 0 Å². The minimum absolute atomic E-state index is 0.438. The average Bonchev–Trinajstić information content (AvgIpc) is 2.49. The molecule has 1 rings (SSSR count). The quantitative estimate of drug-likeness (QED) is 0.431. The van der Waals surface area contributed by atoms with Crippen molar-refractivity contribution in [1.29, 1.82) is 0 Å². The van der Waals surface area contributed by atoms with E-state index in [4.69, 9.17) is 4.74 Å². The Morgan fingerprint density at radius 1 is 1.00 bits per heavy atom. The summed E-state index contributed by atoms with van der Waals surface area (Å²) in [5.41, 5.74) is 1.49. The normalized spacial score (nSPS) is 10.9. The highest BCUT2D eigenvalue weighted by atomic mass is 127. The lowest BCUT2D eigenvalue weighted by molar-refractivity contribution is -0.135. The van der Waals surface area contributed by atoms with E-state index in [1.165, 1.54) is 26.4 Å². The molecule has 1 aromatic rings. The van der Waals surface area contributed by atoms with Crippen LogP contribution in [0.15, 0.2) is 24.3 Å². The summed E-state index contributed by atoms with van der Waals surface area (Å²) < 4.78 is 15.3. The zero-order chi connectivity index (χ0) is 15.8. The van der Waals surface area contributed by atoms with Crippen LogP contribution in [0, 0.1) is 3.57 Å². The zero-order valence-corrected chi connectivity index (χ0v) is 14.0. The first-order chi connectivity index (χ1) is 10.0. The molecule has 0 fully saturated rings. The van der Waals surface area contributed by atoms with E-state index in [1.54, 1.807) is 25.3 Å². The Labute approximate surface area is 136 Å². The third kappa shape index (κ3) is 5.22. The molecule has 0 aliphatic carbocycles. The molecule has 0 radical (unpaired) electrons. The summed E-state index contributed by atoms with van der Waals surface area (Å²) >= 11 is 2.12. The number of hydrogen-bond acceptors (Lipinski definition) is 5. The van der Waals surface area contributed by atoms with Crippen molar-refractivity contribution in [2.45, 2.75) is 0 Å². The molecule has 0 aliphatic rings. The fraction of sp³-hybridized carbons (Fsp3) is 0.200. The van der Waals surface area contributed by atoms with Gasteiger partial charge in [0.15, 0.2) is 0 Å². The molecule has 6 heteroatoms. The van der Waals surface area contributed by atoms with Gasteiger partial charge in [0, 0.05) is 17.7 Å². The van der Waals surface area contributed by atoms with Gasteiger partial charge in [-0.3, -0.25) is 0 Å². The summed E-state index contributed by atoms with van der Waals surface area (Å²) in [5, 5.41) is 0. The molecule has 0 spiro atoms. The number of rotatable bonds is 5. The van der Waals surface area contributed by atoms with E-state index in [9.17, 15) is 9.59 Å². The van der Waals surface area contributed by atoms with Crippen LogP contribution >= 0.6 is 22.6 Å². The standard InChI is InChI=1S/C15H15IO5/c1-19-13(17)6-4-10-8-11(5-7-14(18)20-2)15(21-3)12(16)9-10/h4-9H,1-3H3/b6-4+,7-5+. The Kier molecular flexibility index (Phi) is 6.93. The Morgan fingerprint density at radius 3 is 2.10 bits per heavy atom. The molecule has 21 heavy (non-hydrogen) atoms. The number of esters is 2. The second kappa shape index (κ2) is 8.46. The number of carbonyl (C=O) groups is 2. The summed E-state index contributed by atoms with van der Waals surface area (Å²) in [6, 6.07) is 3.65. The molecular formula is C15H15IO5. The molecule has 112 valence electrons. The average molecular weight is 402 g/mol. The largest absolute Gasteiger partial charge is 0.495 e. The minimum Gasteiger partial charge on any atom is -0.495 e. The third-order valence-electron chi connectivity index (χ3n) is 2.51. The van der Waals surface area contributed by atoms with Gasteiger partial charge in [-0.25, -0.2) is 9.59 Å². The Balaban J connectivity index is 3.18. The first-order valence-corrected chi connectivity index (χ1v) is 6.99. The molecule has 0 aliphatic heterocycles. The molecular weight excluding hydrogens is 387 g/mol. The molecule has 0 amide bonds. The molecule has 0 atom stereocenters. The second-order valence-electron chi connectivity index (χ2n) is 3.84. The van der Waals surface area contributed by atoms with Gasteiger partial charge in [0.05, 0.1) is 24.9 Å². The monoisotopic (exact) mass is 402 g/mol. The van der Waals surface area contributed by atoms with E-state index < -0.39 is 11.9 Å². The van der Waals surface area contributed by atoms with Crippen molar-refractivity contribution < 1.29 is 23.8 Å². The summed E-state index contributed by atoms with van der Waals surface area (Å²) in [5.74, 6) is -0.249. The van der Waals surface area contributed by atoms with Crippen LogP contribution < -0.4 is 4.74 Å². The van der Waals surface area contributed by atoms with Crippen LogP contribution in [0.3, 0.4) is 0 Å². The Morgan fingerprint density at radius 2 is 1.57 bits per heavy atom. The van der Waals surface area contributed by atoms with Crippen LogP contribution in [-0.4, -0.2) is 33.3 Å². The number of benzene rings is 1. The maximum atomic E-state index is 11.2. The van der Waals surface area contributed by atoms with E-state index in [0.717, 1.165) is 9.13 Å². The summed E-state index contributed by atoms with van der Waals surface area (Å²) in [7, 11) is 4.18. The molecule has 0 unspecified atom stereocenters. The summed E-state index contributed by atoms with van der Waals surface area (Å²) in [4.78, 5) is 22.3. The van der Waals surface area contributed by atoms with E-state index in [-0.39, 0.29) is 0 Å². The van der Waals surface area contributed by atoms with Crippen LogP contribution in [0.25, 0.3) is 12.2 Å². The lowest BCUT2D eigenvalue weighted by atomic mass is 10.1. The van der Waals surface area contributed by atoms with Crippen molar-refractivity contribution >= 4 is 46.7 Å². The molecule has 0 saturated carbocycles. The predicted octanol–water partition coefficient (Wildman–Crippen LogP) is 2.67. The molecule has 0 heterocycles. The van der Waals surface area contributed by atoms with Gasteiger partial charge in [-0.05, 0) is 52.4 Å². The van der Waals surface area contributed by atoms with Gasteiger partial charge in [-0.1, -0.05) is 0 Å². The van der Waals surface area contributed by atoms with Crippen molar-refractivity contribution in [3.8, 4) is 5.75 Å². The predicted molar refractivity (Wildman–Crippen MR) is 87.8 cm³/mol. The fourth-order valence-electron chi connectivity index (χ4n) is 1.53. The molecule has 0 N–H and O–H groups in total. The molecule has 1 aromatic carbocycles. The van der Waals surface area contributed by atoms with Crippen molar-refractivity contribution in [3.63, 3.8) is 0 Å². The number of carbonyl (C=O) groups excluding carboxylic acids is 2. The molecule has 5 nitrogen and oxygen atoms in total. The van der Waals surface area contributed by atoms with E-state index in [0.29, 0.717) is 11.3 Å². The maximum Gasteiger partial charge on any atom is 0.330 e. The van der Waals surface area contributed by atoms with E-state index in [2.05, 4.69) is 32.1 Å². The van der Waals surface area contributed by atoms with Crippen LogP contribution in [0.2, 0.25) is 0 Å². The highest BCUT2D eigenvalue weighted by Gasteiger charge is 2.08. The molecule has 0 bridgehead atoms. The zero-order valence-electron chi connectivity index (χ0n) is 11.9. The number of ether oxygens (including phenoxy) is 3. The topological polar surface area (TPSA) is 61.8 Å². The van der Waals surface area contributed by atoms with Crippen LogP contribution in [-0.2, 0) is 19.1 Å². The van der Waals surface area contributed by atoms with E-state index >= 15 is 0 Å². The SMILES string of the molecule is COC(=O)/C=C/c1cc(I)c(OC)c(/C=C/C(=O)OC)c1. The lowest BCUT2D eigenvalue weighted by Crippen LogP contribution is -1.96. The Hall–Kier alpha value is -1.83. The van der Waals surface area contributed by atoms with Gasteiger partial charge in [-0.15, -0.1) is 0 Å². The Bertz CT molecular complexity index is 590. The summed E-state index contributed by atoms with van der Waals surface area (Å²) in [6.07, 6.45) is 5.86. The molecule has 0 saturated heterocycles. The van der Waals surface area contributed by atoms with E-state index in [1.807, 2.05) is 6.07 Å². The molecule has 0 aromatic heterocycles. The van der Waals surface area contributed by atoms with Gasteiger partial charge in [0.2, 0.25) is 0 Å². The summed E-state index contributed by atoms with van der Waals surface area (Å²) in [6.45, 7) is 0. The maximum absolute atomic E-state index is 11.2. The lowest BCUT2D eigenvalue weighted by Gasteiger charge is -2.09. The first-order valence-electron chi connectivity index (χ1n) is 5.91. The van der Waals surface area contributed by atoms with Crippen LogP contribution in [0.1, 0.15) is 11.1 Å². The smallest absolute Gasteiger partial charge is 0.330 e. The second-order valence-corrected chi connectivity index (χ2v) is 5.00. The van der Waals surface area contributed by atoms with Crippen molar-refractivity contribution in [3.05, 3.63) is 39.0 Å². The minimum atomic E-state index is -0.456. The van der Waals surface area contributed by atoms with Gasteiger partial charge < -0.3 is 14.2 Å². The van der Waals surface area contributed by atoms with Gasteiger partial charge in [0.1, 0.15) is 5.75 Å². The number of methoxy groups -OCH3 is 3. The first kappa shape index (κ1) is 17.2.